The lowest BCUT2D eigenvalue weighted by Crippen LogP contribution is -2.13. The van der Waals surface area contributed by atoms with Gasteiger partial charge < -0.3 is 4.57 Å². The quantitative estimate of drug-likeness (QED) is 0.713. The molecule has 0 radical (unpaired) electrons. The number of benzene rings is 2. The average molecular weight is 395 g/mol. The van der Waals surface area contributed by atoms with Gasteiger partial charge in [-0.2, -0.15) is 0 Å². The summed E-state index contributed by atoms with van der Waals surface area (Å²) in [4.78, 5) is 0.865. The van der Waals surface area contributed by atoms with Crippen molar-refractivity contribution < 1.29 is 8.42 Å². The second kappa shape index (κ2) is 7.07. The van der Waals surface area contributed by atoms with Gasteiger partial charge in [-0.05, 0) is 49.0 Å². The second-order valence-electron chi connectivity index (χ2n) is 5.39. The predicted octanol–water partition coefficient (Wildman–Crippen LogP) is 3.73. The summed E-state index contributed by atoms with van der Waals surface area (Å²) in [6.45, 7) is 1.90. The molecule has 1 heterocycles. The van der Waals surface area contributed by atoms with Crippen LogP contribution in [0, 0.1) is 6.92 Å². The van der Waals surface area contributed by atoms with Crippen LogP contribution in [-0.2, 0) is 17.1 Å². The number of aryl methyl sites for hydroxylation is 2. The zero-order valence-electron chi connectivity index (χ0n) is 13.5. The summed E-state index contributed by atoms with van der Waals surface area (Å²) < 4.78 is 29.7. The van der Waals surface area contributed by atoms with Gasteiger partial charge in [0.15, 0.2) is 5.16 Å². The molecule has 1 aromatic heterocycles. The van der Waals surface area contributed by atoms with E-state index in [1.165, 1.54) is 11.8 Å². The Bertz CT molecular complexity index is 1000. The van der Waals surface area contributed by atoms with Crippen LogP contribution in [0.3, 0.4) is 0 Å². The van der Waals surface area contributed by atoms with Crippen molar-refractivity contribution in [3.05, 3.63) is 59.4 Å². The lowest BCUT2D eigenvalue weighted by Gasteiger charge is -2.13. The molecule has 6 nitrogen and oxygen atoms in total. The van der Waals surface area contributed by atoms with Crippen LogP contribution in [0.4, 0.5) is 5.69 Å². The number of nitrogens with zero attached hydrogens (tertiary/aromatic N) is 3. The molecule has 0 bridgehead atoms. The van der Waals surface area contributed by atoms with E-state index < -0.39 is 10.0 Å². The van der Waals surface area contributed by atoms with Gasteiger partial charge >= 0.3 is 0 Å². The molecule has 0 fully saturated rings. The highest BCUT2D eigenvalue weighted by Crippen LogP contribution is 2.35. The van der Waals surface area contributed by atoms with E-state index in [0.717, 1.165) is 5.56 Å². The minimum absolute atomic E-state index is 0.188. The Morgan fingerprint density at radius 3 is 2.52 bits per heavy atom. The predicted molar refractivity (Wildman–Crippen MR) is 98.6 cm³/mol. The Labute approximate surface area is 155 Å². The minimum Gasteiger partial charge on any atom is -0.311 e. The van der Waals surface area contributed by atoms with Gasteiger partial charge in [0.25, 0.3) is 10.0 Å². The third-order valence-electron chi connectivity index (χ3n) is 3.39. The SMILES string of the molecule is Cc1ccc(S(=O)(=O)Nc2cc(Cl)ccc2Sc2nncn2C)cc1. The molecule has 3 rings (SSSR count). The Morgan fingerprint density at radius 1 is 1.16 bits per heavy atom. The molecule has 0 atom stereocenters. The molecule has 0 spiro atoms. The number of nitrogens with one attached hydrogen (secondary N) is 1. The van der Waals surface area contributed by atoms with Crippen LogP contribution in [0.2, 0.25) is 5.02 Å². The van der Waals surface area contributed by atoms with Crippen LogP contribution < -0.4 is 4.72 Å². The van der Waals surface area contributed by atoms with Crippen molar-refractivity contribution >= 4 is 39.1 Å². The third-order valence-corrected chi connectivity index (χ3v) is 6.13. The first-order valence-electron chi connectivity index (χ1n) is 7.26. The van der Waals surface area contributed by atoms with E-state index in [1.807, 2.05) is 14.0 Å². The average Bonchev–Trinajstić information content (AvgIpc) is 2.95. The molecule has 0 saturated heterocycles. The summed E-state index contributed by atoms with van der Waals surface area (Å²) in [5.74, 6) is 0. The number of halogens is 1. The number of aromatic nitrogens is 3. The minimum atomic E-state index is -3.72. The zero-order chi connectivity index (χ0) is 18.0. The summed E-state index contributed by atoms with van der Waals surface area (Å²) >= 11 is 7.35. The van der Waals surface area contributed by atoms with Crippen LogP contribution in [-0.4, -0.2) is 23.2 Å². The number of rotatable bonds is 5. The van der Waals surface area contributed by atoms with E-state index in [-0.39, 0.29) is 4.90 Å². The normalized spacial score (nSPS) is 11.5. The third kappa shape index (κ3) is 4.15. The smallest absolute Gasteiger partial charge is 0.261 e. The summed E-state index contributed by atoms with van der Waals surface area (Å²) in [7, 11) is -1.91. The van der Waals surface area contributed by atoms with Crippen molar-refractivity contribution in [3.63, 3.8) is 0 Å². The van der Waals surface area contributed by atoms with Gasteiger partial charge in [0.2, 0.25) is 0 Å². The lowest BCUT2D eigenvalue weighted by atomic mass is 10.2. The van der Waals surface area contributed by atoms with Gasteiger partial charge in [-0.25, -0.2) is 8.42 Å². The molecular formula is C16H15ClN4O2S2. The van der Waals surface area contributed by atoms with Crippen LogP contribution in [0.25, 0.3) is 0 Å². The molecule has 130 valence electrons. The molecule has 2 aromatic carbocycles. The van der Waals surface area contributed by atoms with E-state index in [4.69, 9.17) is 11.6 Å². The Morgan fingerprint density at radius 2 is 1.88 bits per heavy atom. The molecule has 25 heavy (non-hydrogen) atoms. The Hall–Kier alpha value is -2.03. The maximum absolute atomic E-state index is 12.6. The molecule has 0 aliphatic carbocycles. The highest BCUT2D eigenvalue weighted by molar-refractivity contribution is 7.99. The lowest BCUT2D eigenvalue weighted by molar-refractivity contribution is 0.601. The van der Waals surface area contributed by atoms with Crippen LogP contribution in [0.15, 0.2) is 63.7 Å². The van der Waals surface area contributed by atoms with E-state index in [9.17, 15) is 8.42 Å². The van der Waals surface area contributed by atoms with E-state index in [0.29, 0.717) is 20.8 Å². The van der Waals surface area contributed by atoms with Crippen molar-refractivity contribution in [2.45, 2.75) is 21.9 Å². The molecule has 0 amide bonds. The van der Waals surface area contributed by atoms with Crippen LogP contribution in [0.1, 0.15) is 5.56 Å². The molecule has 0 aliphatic heterocycles. The fraction of sp³-hybridized carbons (Fsp3) is 0.125. The van der Waals surface area contributed by atoms with Crippen molar-refractivity contribution in [2.75, 3.05) is 4.72 Å². The van der Waals surface area contributed by atoms with Gasteiger partial charge in [-0.3, -0.25) is 4.72 Å². The van der Waals surface area contributed by atoms with Gasteiger partial charge in [-0.15, -0.1) is 10.2 Å². The van der Waals surface area contributed by atoms with Crippen molar-refractivity contribution in [2.24, 2.45) is 7.05 Å². The largest absolute Gasteiger partial charge is 0.311 e. The summed E-state index contributed by atoms with van der Waals surface area (Å²) in [6, 6.07) is 11.7. The first-order chi connectivity index (χ1) is 11.8. The van der Waals surface area contributed by atoms with Crippen LogP contribution >= 0.6 is 23.4 Å². The maximum atomic E-state index is 12.6. The van der Waals surface area contributed by atoms with E-state index in [1.54, 1.807) is 53.4 Å². The van der Waals surface area contributed by atoms with Gasteiger partial charge in [0.1, 0.15) is 6.33 Å². The van der Waals surface area contributed by atoms with Crippen molar-refractivity contribution in [3.8, 4) is 0 Å². The van der Waals surface area contributed by atoms with Crippen molar-refractivity contribution in [1.82, 2.24) is 14.8 Å². The second-order valence-corrected chi connectivity index (χ2v) is 8.51. The van der Waals surface area contributed by atoms with Gasteiger partial charge in [0, 0.05) is 17.0 Å². The number of anilines is 1. The molecule has 0 saturated carbocycles. The van der Waals surface area contributed by atoms with E-state index >= 15 is 0 Å². The highest BCUT2D eigenvalue weighted by atomic mass is 35.5. The summed E-state index contributed by atoms with van der Waals surface area (Å²) in [5.41, 5.74) is 1.38. The van der Waals surface area contributed by atoms with Gasteiger partial charge in [0.05, 0.1) is 10.6 Å². The molecule has 0 aliphatic rings. The van der Waals surface area contributed by atoms with Crippen LogP contribution in [0.5, 0.6) is 0 Å². The first kappa shape index (κ1) is 17.8. The Kier molecular flexibility index (Phi) is 5.03. The maximum Gasteiger partial charge on any atom is 0.261 e. The molecule has 1 N–H and O–H groups in total. The monoisotopic (exact) mass is 394 g/mol. The molecule has 0 unspecified atom stereocenters. The summed E-state index contributed by atoms with van der Waals surface area (Å²) in [5, 5.41) is 8.90. The number of hydrogen-bond donors (Lipinski definition) is 1. The summed E-state index contributed by atoms with van der Waals surface area (Å²) in [6.07, 6.45) is 1.58. The fourth-order valence-electron chi connectivity index (χ4n) is 2.06. The fourth-order valence-corrected chi connectivity index (χ4v) is 4.19. The number of hydrogen-bond acceptors (Lipinski definition) is 5. The topological polar surface area (TPSA) is 76.9 Å². The molecule has 3 aromatic rings. The Balaban J connectivity index is 1.95. The highest BCUT2D eigenvalue weighted by Gasteiger charge is 2.17. The van der Waals surface area contributed by atoms with Gasteiger partial charge in [-0.1, -0.05) is 29.3 Å². The zero-order valence-corrected chi connectivity index (χ0v) is 15.9. The number of sulfonamides is 1. The molecule has 9 heteroatoms. The molecular weight excluding hydrogens is 380 g/mol. The standard InChI is InChI=1S/C16H15ClN4O2S2/c1-11-3-6-13(7-4-11)25(22,23)20-14-9-12(17)5-8-15(14)24-16-19-18-10-21(16)2/h3-10,20H,1-2H3. The van der Waals surface area contributed by atoms with Crippen molar-refractivity contribution in [1.29, 1.82) is 0 Å². The first-order valence-corrected chi connectivity index (χ1v) is 9.94. The van der Waals surface area contributed by atoms with E-state index in [2.05, 4.69) is 14.9 Å².